The molecule has 1 amide bonds. The summed E-state index contributed by atoms with van der Waals surface area (Å²) < 4.78 is 24.2. The first-order valence-corrected chi connectivity index (χ1v) is 11.7. The molecule has 1 aliphatic rings. The quantitative estimate of drug-likeness (QED) is 0.701. The molecule has 1 aliphatic heterocycles. The van der Waals surface area contributed by atoms with Gasteiger partial charge >= 0.3 is 0 Å². The van der Waals surface area contributed by atoms with Crippen LogP contribution in [0.25, 0.3) is 0 Å². The van der Waals surface area contributed by atoms with E-state index in [9.17, 15) is 18.0 Å². The van der Waals surface area contributed by atoms with Crippen molar-refractivity contribution in [3.63, 3.8) is 0 Å². The molecule has 0 bridgehead atoms. The molecule has 156 valence electrons. The van der Waals surface area contributed by atoms with Gasteiger partial charge in [-0.1, -0.05) is 29.8 Å². The van der Waals surface area contributed by atoms with Crippen molar-refractivity contribution in [2.24, 2.45) is 0 Å². The fourth-order valence-corrected chi connectivity index (χ4v) is 4.06. The highest BCUT2D eigenvalue weighted by Crippen LogP contribution is 2.09. The second kappa shape index (κ2) is 8.92. The molecule has 7 nitrogen and oxygen atoms in total. The molecule has 0 atom stereocenters. The summed E-state index contributed by atoms with van der Waals surface area (Å²) in [6, 6.07) is 11.2. The average Bonchev–Trinajstić information content (AvgIpc) is 2.67. The van der Waals surface area contributed by atoms with E-state index in [0.717, 1.165) is 11.1 Å². The number of carbonyl (C=O) groups excluding carboxylic acids is 1. The van der Waals surface area contributed by atoms with Gasteiger partial charge < -0.3 is 9.47 Å². The van der Waals surface area contributed by atoms with E-state index in [-0.39, 0.29) is 22.8 Å². The first-order valence-electron chi connectivity index (χ1n) is 9.67. The minimum atomic E-state index is -3.00. The third kappa shape index (κ3) is 5.77. The van der Waals surface area contributed by atoms with Crippen molar-refractivity contribution in [2.45, 2.75) is 13.5 Å². The molecule has 1 aromatic carbocycles. The largest absolute Gasteiger partial charge is 0.336 e. The summed E-state index contributed by atoms with van der Waals surface area (Å²) in [5, 5.41) is 0. The molecular formula is C21H27N3O4S. The van der Waals surface area contributed by atoms with Gasteiger partial charge in [0, 0.05) is 45.2 Å². The van der Waals surface area contributed by atoms with Gasteiger partial charge in [-0.2, -0.15) is 0 Å². The van der Waals surface area contributed by atoms with E-state index in [1.165, 1.54) is 6.26 Å². The van der Waals surface area contributed by atoms with Crippen LogP contribution in [0.4, 0.5) is 0 Å². The number of rotatable bonds is 6. The highest BCUT2D eigenvalue weighted by molar-refractivity contribution is 7.90. The smallest absolute Gasteiger partial charge is 0.263 e. The summed E-state index contributed by atoms with van der Waals surface area (Å²) in [4.78, 5) is 29.5. The molecule has 0 aliphatic carbocycles. The van der Waals surface area contributed by atoms with Crippen LogP contribution in [-0.4, -0.2) is 73.4 Å². The van der Waals surface area contributed by atoms with Gasteiger partial charge in [0.15, 0.2) is 0 Å². The second-order valence-corrected chi connectivity index (χ2v) is 9.87. The molecule has 1 aromatic heterocycles. The van der Waals surface area contributed by atoms with Gasteiger partial charge in [-0.15, -0.1) is 0 Å². The number of piperazine rings is 1. The van der Waals surface area contributed by atoms with Gasteiger partial charge in [0.05, 0.1) is 12.3 Å². The van der Waals surface area contributed by atoms with Crippen molar-refractivity contribution in [3.05, 3.63) is 69.6 Å². The summed E-state index contributed by atoms with van der Waals surface area (Å²) in [5.41, 5.74) is 2.01. The maximum Gasteiger partial charge on any atom is 0.263 e. The minimum absolute atomic E-state index is 0.114. The molecule has 2 aromatic rings. The minimum Gasteiger partial charge on any atom is -0.336 e. The lowest BCUT2D eigenvalue weighted by molar-refractivity contribution is 0.0641. The van der Waals surface area contributed by atoms with Gasteiger partial charge in [-0.3, -0.25) is 14.5 Å². The molecule has 1 saturated heterocycles. The fraction of sp³-hybridized carbons (Fsp3) is 0.429. The SMILES string of the molecule is Cc1cccc(Cn2cccc(C(=O)N3CCN(CCS(C)(=O)=O)CC3)c2=O)c1. The van der Waals surface area contributed by atoms with Crippen LogP contribution < -0.4 is 5.56 Å². The van der Waals surface area contributed by atoms with Crippen LogP contribution in [-0.2, 0) is 16.4 Å². The Hall–Kier alpha value is -2.45. The summed E-state index contributed by atoms with van der Waals surface area (Å²) >= 11 is 0. The number of benzene rings is 1. The van der Waals surface area contributed by atoms with Crippen molar-refractivity contribution in [2.75, 3.05) is 44.7 Å². The standard InChI is InChI=1S/C21H27N3O4S/c1-17-5-3-6-18(15-17)16-24-8-4-7-19(21(24)26)20(25)23-11-9-22(10-12-23)13-14-29(2,27)28/h3-8,15H,9-14,16H2,1-2H3. The van der Waals surface area contributed by atoms with Gasteiger partial charge in [-0.05, 0) is 24.6 Å². The monoisotopic (exact) mass is 417 g/mol. The third-order valence-corrected chi connectivity index (χ3v) is 6.05. The predicted octanol–water partition coefficient (Wildman–Crippen LogP) is 1.01. The van der Waals surface area contributed by atoms with Crippen LogP contribution in [0.3, 0.4) is 0 Å². The molecule has 0 N–H and O–H groups in total. The van der Waals surface area contributed by atoms with Crippen LogP contribution in [0.15, 0.2) is 47.4 Å². The van der Waals surface area contributed by atoms with E-state index in [1.54, 1.807) is 27.8 Å². The lowest BCUT2D eigenvalue weighted by Gasteiger charge is -2.34. The number of aryl methyl sites for hydroxylation is 1. The molecule has 0 spiro atoms. The van der Waals surface area contributed by atoms with Gasteiger partial charge in [0.25, 0.3) is 11.5 Å². The Morgan fingerprint density at radius 3 is 2.45 bits per heavy atom. The lowest BCUT2D eigenvalue weighted by atomic mass is 10.1. The molecule has 1 fully saturated rings. The number of amides is 1. The molecule has 0 radical (unpaired) electrons. The molecule has 8 heteroatoms. The number of carbonyl (C=O) groups is 1. The average molecular weight is 418 g/mol. The van der Waals surface area contributed by atoms with E-state index < -0.39 is 9.84 Å². The number of pyridine rings is 1. The molecule has 0 saturated carbocycles. The number of aromatic nitrogens is 1. The van der Waals surface area contributed by atoms with Crippen LogP contribution in [0.5, 0.6) is 0 Å². The van der Waals surface area contributed by atoms with E-state index in [4.69, 9.17) is 0 Å². The van der Waals surface area contributed by atoms with Crippen LogP contribution in [0, 0.1) is 6.92 Å². The molecule has 2 heterocycles. The Morgan fingerprint density at radius 1 is 1.07 bits per heavy atom. The maximum absolute atomic E-state index is 12.9. The predicted molar refractivity (Wildman–Crippen MR) is 113 cm³/mol. The first-order chi connectivity index (χ1) is 13.7. The Labute approximate surface area is 171 Å². The lowest BCUT2D eigenvalue weighted by Crippen LogP contribution is -2.50. The number of nitrogens with zero attached hydrogens (tertiary/aromatic N) is 3. The summed E-state index contributed by atoms with van der Waals surface area (Å²) in [6.45, 7) is 5.05. The van der Waals surface area contributed by atoms with Crippen molar-refractivity contribution in [1.29, 1.82) is 0 Å². The van der Waals surface area contributed by atoms with Crippen molar-refractivity contribution < 1.29 is 13.2 Å². The fourth-order valence-electron chi connectivity index (χ4n) is 3.47. The van der Waals surface area contributed by atoms with E-state index in [1.807, 2.05) is 36.1 Å². The van der Waals surface area contributed by atoms with Gasteiger partial charge in [-0.25, -0.2) is 8.42 Å². The maximum atomic E-state index is 12.9. The molecule has 0 unspecified atom stereocenters. The van der Waals surface area contributed by atoms with Crippen molar-refractivity contribution in [1.82, 2.24) is 14.4 Å². The Morgan fingerprint density at radius 2 is 1.79 bits per heavy atom. The molecule has 3 rings (SSSR count). The van der Waals surface area contributed by atoms with E-state index in [2.05, 4.69) is 0 Å². The Kier molecular flexibility index (Phi) is 6.54. The zero-order chi connectivity index (χ0) is 21.0. The highest BCUT2D eigenvalue weighted by atomic mass is 32.2. The highest BCUT2D eigenvalue weighted by Gasteiger charge is 2.24. The van der Waals surface area contributed by atoms with Gasteiger partial charge in [0.2, 0.25) is 0 Å². The Balaban J connectivity index is 1.67. The van der Waals surface area contributed by atoms with E-state index in [0.29, 0.717) is 39.3 Å². The Bertz CT molecular complexity index is 1040. The first kappa shape index (κ1) is 21.3. The third-order valence-electron chi connectivity index (χ3n) is 5.12. The number of sulfone groups is 1. The molecular weight excluding hydrogens is 390 g/mol. The second-order valence-electron chi connectivity index (χ2n) is 7.61. The number of hydrogen-bond acceptors (Lipinski definition) is 5. The normalized spacial score (nSPS) is 15.4. The van der Waals surface area contributed by atoms with E-state index >= 15 is 0 Å². The van der Waals surface area contributed by atoms with Gasteiger partial charge in [0.1, 0.15) is 15.4 Å². The van der Waals surface area contributed by atoms with Crippen molar-refractivity contribution >= 4 is 15.7 Å². The van der Waals surface area contributed by atoms with Crippen LogP contribution >= 0.6 is 0 Å². The zero-order valence-electron chi connectivity index (χ0n) is 16.9. The zero-order valence-corrected chi connectivity index (χ0v) is 17.7. The van der Waals surface area contributed by atoms with Crippen LogP contribution in [0.2, 0.25) is 0 Å². The topological polar surface area (TPSA) is 79.7 Å². The number of hydrogen-bond donors (Lipinski definition) is 0. The summed E-state index contributed by atoms with van der Waals surface area (Å²) in [5.74, 6) is -0.153. The summed E-state index contributed by atoms with van der Waals surface area (Å²) in [6.07, 6.45) is 2.93. The van der Waals surface area contributed by atoms with Crippen molar-refractivity contribution in [3.8, 4) is 0 Å². The van der Waals surface area contributed by atoms with Crippen LogP contribution in [0.1, 0.15) is 21.5 Å². The molecule has 29 heavy (non-hydrogen) atoms. The summed E-state index contributed by atoms with van der Waals surface area (Å²) in [7, 11) is -3.00.